The molecule has 1 aromatic rings. The van der Waals surface area contributed by atoms with Gasteiger partial charge in [0, 0.05) is 21.8 Å². The van der Waals surface area contributed by atoms with Gasteiger partial charge in [-0.3, -0.25) is 0 Å². The van der Waals surface area contributed by atoms with Crippen LogP contribution in [0.5, 0.6) is 0 Å². The van der Waals surface area contributed by atoms with Crippen molar-refractivity contribution in [2.45, 2.75) is 46.6 Å². The molecule has 0 bridgehead atoms. The molecule has 0 atom stereocenters. The van der Waals surface area contributed by atoms with Gasteiger partial charge in [-0.15, -0.1) is 11.3 Å². The van der Waals surface area contributed by atoms with E-state index in [-0.39, 0.29) is 5.54 Å². The van der Waals surface area contributed by atoms with Gasteiger partial charge in [-0.05, 0) is 52.7 Å². The lowest BCUT2D eigenvalue weighted by atomic mass is 10.1. The summed E-state index contributed by atoms with van der Waals surface area (Å²) in [6.45, 7) is 13.4. The Morgan fingerprint density at radius 2 is 1.94 bits per heavy atom. The molecule has 1 rings (SSSR count). The molecule has 0 saturated heterocycles. The van der Waals surface area contributed by atoms with Crippen LogP contribution in [0.15, 0.2) is 6.07 Å². The third-order valence-corrected chi connectivity index (χ3v) is 3.57. The summed E-state index contributed by atoms with van der Waals surface area (Å²) in [5, 5.41) is 3.41. The maximum atomic E-state index is 5.64. The minimum absolute atomic E-state index is 0.185. The van der Waals surface area contributed by atoms with E-state index < -0.39 is 0 Å². The Bertz CT molecular complexity index is 338. The second-order valence-corrected chi connectivity index (χ2v) is 6.94. The quantitative estimate of drug-likeness (QED) is 0.787. The third-order valence-electron chi connectivity index (χ3n) is 2.56. The number of rotatable bonds is 6. The van der Waals surface area contributed by atoms with E-state index in [2.05, 4.69) is 46.0 Å². The van der Waals surface area contributed by atoms with Crippen LogP contribution in [0.3, 0.4) is 0 Å². The molecule has 0 aliphatic carbocycles. The number of thiophene rings is 1. The molecule has 2 nitrogen and oxygen atoms in total. The van der Waals surface area contributed by atoms with Crippen molar-refractivity contribution in [3.63, 3.8) is 0 Å². The Hall–Kier alpha value is -0.380. The van der Waals surface area contributed by atoms with E-state index in [1.165, 1.54) is 15.3 Å². The molecule has 98 valence electrons. The predicted molar refractivity (Wildman–Crippen MR) is 76.1 cm³/mol. The second-order valence-electron chi connectivity index (χ2n) is 5.48. The zero-order chi connectivity index (χ0) is 12.9. The van der Waals surface area contributed by atoms with Crippen molar-refractivity contribution < 1.29 is 4.74 Å². The van der Waals surface area contributed by atoms with Gasteiger partial charge in [-0.25, -0.2) is 0 Å². The maximum Gasteiger partial charge on any atom is 0.0591 e. The topological polar surface area (TPSA) is 21.3 Å². The van der Waals surface area contributed by atoms with Crippen LogP contribution in [0.1, 0.15) is 36.1 Å². The lowest BCUT2D eigenvalue weighted by molar-refractivity contribution is 0.133. The Kier molecular flexibility index (Phi) is 5.63. The van der Waals surface area contributed by atoms with Gasteiger partial charge < -0.3 is 10.1 Å². The monoisotopic (exact) mass is 255 g/mol. The first-order chi connectivity index (χ1) is 7.88. The highest BCUT2D eigenvalue weighted by atomic mass is 32.1. The number of hydrogen-bond donors (Lipinski definition) is 1. The average molecular weight is 255 g/mol. The summed E-state index contributed by atoms with van der Waals surface area (Å²) in [6, 6.07) is 2.27. The number of hydrogen-bond acceptors (Lipinski definition) is 3. The van der Waals surface area contributed by atoms with Crippen molar-refractivity contribution in [3.05, 3.63) is 21.4 Å². The first kappa shape index (κ1) is 14.7. The number of ether oxygens (including phenoxy) is 1. The fourth-order valence-electron chi connectivity index (χ4n) is 1.71. The number of nitrogens with one attached hydrogen (secondary N) is 1. The van der Waals surface area contributed by atoms with E-state index in [9.17, 15) is 0 Å². The van der Waals surface area contributed by atoms with E-state index in [0.29, 0.717) is 0 Å². The summed E-state index contributed by atoms with van der Waals surface area (Å²) in [4.78, 5) is 2.82. The molecular formula is C14H25NOS. The smallest absolute Gasteiger partial charge is 0.0591 e. The largest absolute Gasteiger partial charge is 0.380 e. The summed E-state index contributed by atoms with van der Waals surface area (Å²) in [5.41, 5.74) is 1.63. The molecule has 0 saturated carbocycles. The molecule has 0 aliphatic heterocycles. The van der Waals surface area contributed by atoms with Crippen LogP contribution in [0.2, 0.25) is 0 Å². The van der Waals surface area contributed by atoms with Crippen LogP contribution in [-0.4, -0.2) is 25.3 Å². The van der Waals surface area contributed by atoms with E-state index in [0.717, 1.165) is 26.2 Å². The van der Waals surface area contributed by atoms with Crippen molar-refractivity contribution in [1.82, 2.24) is 5.32 Å². The second kappa shape index (κ2) is 6.53. The SMILES string of the molecule is Cc1cc(CCOCCNC(C)(C)C)c(C)s1. The molecule has 0 radical (unpaired) electrons. The molecule has 1 aromatic heterocycles. The van der Waals surface area contributed by atoms with Gasteiger partial charge in [0.15, 0.2) is 0 Å². The van der Waals surface area contributed by atoms with E-state index >= 15 is 0 Å². The Morgan fingerprint density at radius 3 is 2.47 bits per heavy atom. The van der Waals surface area contributed by atoms with Crippen LogP contribution in [0.25, 0.3) is 0 Å². The molecule has 0 amide bonds. The minimum Gasteiger partial charge on any atom is -0.380 e. The molecule has 1 N–H and O–H groups in total. The average Bonchev–Trinajstić information content (AvgIpc) is 2.49. The van der Waals surface area contributed by atoms with Gasteiger partial charge in [-0.1, -0.05) is 0 Å². The third kappa shape index (κ3) is 6.20. The molecular weight excluding hydrogens is 230 g/mol. The molecule has 0 aliphatic rings. The molecule has 17 heavy (non-hydrogen) atoms. The van der Waals surface area contributed by atoms with Crippen LogP contribution in [0.4, 0.5) is 0 Å². The lowest BCUT2D eigenvalue weighted by Gasteiger charge is -2.20. The van der Waals surface area contributed by atoms with Crippen molar-refractivity contribution in [2.75, 3.05) is 19.8 Å². The summed E-state index contributed by atoms with van der Waals surface area (Å²) >= 11 is 1.87. The fraction of sp³-hybridized carbons (Fsp3) is 0.714. The highest BCUT2D eigenvalue weighted by molar-refractivity contribution is 7.12. The fourth-order valence-corrected chi connectivity index (χ4v) is 2.69. The van der Waals surface area contributed by atoms with E-state index in [1.807, 2.05) is 11.3 Å². The van der Waals surface area contributed by atoms with Gasteiger partial charge in [0.25, 0.3) is 0 Å². The summed E-state index contributed by atoms with van der Waals surface area (Å²) < 4.78 is 5.64. The van der Waals surface area contributed by atoms with Crippen molar-refractivity contribution >= 4 is 11.3 Å². The van der Waals surface area contributed by atoms with Crippen molar-refractivity contribution in [3.8, 4) is 0 Å². The van der Waals surface area contributed by atoms with Crippen molar-refractivity contribution in [2.24, 2.45) is 0 Å². The normalized spacial score (nSPS) is 12.1. The van der Waals surface area contributed by atoms with Gasteiger partial charge in [0.2, 0.25) is 0 Å². The van der Waals surface area contributed by atoms with Gasteiger partial charge in [0.1, 0.15) is 0 Å². The van der Waals surface area contributed by atoms with Gasteiger partial charge >= 0.3 is 0 Å². The van der Waals surface area contributed by atoms with E-state index in [4.69, 9.17) is 4.74 Å². The van der Waals surface area contributed by atoms with Crippen LogP contribution in [-0.2, 0) is 11.2 Å². The van der Waals surface area contributed by atoms with Crippen LogP contribution in [0, 0.1) is 13.8 Å². The maximum absolute atomic E-state index is 5.64. The van der Waals surface area contributed by atoms with Crippen molar-refractivity contribution in [1.29, 1.82) is 0 Å². The lowest BCUT2D eigenvalue weighted by Crippen LogP contribution is -2.38. The Morgan fingerprint density at radius 1 is 1.24 bits per heavy atom. The van der Waals surface area contributed by atoms with Gasteiger partial charge in [0.05, 0.1) is 13.2 Å². The minimum atomic E-state index is 0.185. The molecule has 0 unspecified atom stereocenters. The number of aryl methyl sites for hydroxylation is 2. The highest BCUT2D eigenvalue weighted by Gasteiger charge is 2.07. The molecule has 0 aromatic carbocycles. The van der Waals surface area contributed by atoms with Crippen LogP contribution >= 0.6 is 11.3 Å². The predicted octanol–water partition coefficient (Wildman–Crippen LogP) is 3.31. The summed E-state index contributed by atoms with van der Waals surface area (Å²) in [6.07, 6.45) is 1.03. The molecule has 3 heteroatoms. The molecule has 1 heterocycles. The Balaban J connectivity index is 2.11. The standard InChI is InChI=1S/C14H25NOS/c1-11-10-13(12(2)17-11)6-8-16-9-7-15-14(3,4)5/h10,15H,6-9H2,1-5H3. The van der Waals surface area contributed by atoms with Gasteiger partial charge in [-0.2, -0.15) is 0 Å². The summed E-state index contributed by atoms with van der Waals surface area (Å²) in [5.74, 6) is 0. The molecule has 0 fully saturated rings. The summed E-state index contributed by atoms with van der Waals surface area (Å²) in [7, 11) is 0. The zero-order valence-electron chi connectivity index (χ0n) is 11.7. The first-order valence-corrected chi connectivity index (χ1v) is 7.09. The van der Waals surface area contributed by atoms with Crippen LogP contribution < -0.4 is 5.32 Å². The highest BCUT2D eigenvalue weighted by Crippen LogP contribution is 2.20. The zero-order valence-corrected chi connectivity index (χ0v) is 12.5. The van der Waals surface area contributed by atoms with E-state index in [1.54, 1.807) is 0 Å². The Labute approximate surface area is 109 Å². The molecule has 0 spiro atoms. The first-order valence-electron chi connectivity index (χ1n) is 6.27.